The van der Waals surface area contributed by atoms with Gasteiger partial charge in [0, 0.05) is 31.1 Å². The van der Waals surface area contributed by atoms with Crippen LogP contribution >= 0.6 is 0 Å². The fraction of sp³-hybridized carbons (Fsp3) is 0.750. The van der Waals surface area contributed by atoms with Crippen molar-refractivity contribution in [3.05, 3.63) is 20.4 Å². The van der Waals surface area contributed by atoms with Gasteiger partial charge in [0.1, 0.15) is 16.9 Å². The molecule has 172 valence electrons. The second kappa shape index (κ2) is 9.27. The van der Waals surface area contributed by atoms with E-state index in [2.05, 4.69) is 5.32 Å². The van der Waals surface area contributed by atoms with Gasteiger partial charge in [0.2, 0.25) is 0 Å². The summed E-state index contributed by atoms with van der Waals surface area (Å²) in [5, 5.41) is 31.3. The maximum absolute atomic E-state index is 12.6. The molecule has 1 aromatic rings. The Hall–Kier alpha value is -1.95. The van der Waals surface area contributed by atoms with Gasteiger partial charge < -0.3 is 36.0 Å². The van der Waals surface area contributed by atoms with Crippen molar-refractivity contribution in [2.24, 2.45) is 11.7 Å². The quantitative estimate of drug-likeness (QED) is 0.233. The summed E-state index contributed by atoms with van der Waals surface area (Å²) >= 11 is 0. The highest BCUT2D eigenvalue weighted by molar-refractivity contribution is 6.40. The van der Waals surface area contributed by atoms with Gasteiger partial charge in [0.05, 0.1) is 0 Å². The summed E-state index contributed by atoms with van der Waals surface area (Å²) in [7, 11) is -1.46. The minimum absolute atomic E-state index is 0.0108. The summed E-state index contributed by atoms with van der Waals surface area (Å²) in [5.74, 6) is -1.64. The summed E-state index contributed by atoms with van der Waals surface area (Å²) in [4.78, 5) is 40.9. The number of rotatable bonds is 9. The van der Waals surface area contributed by atoms with Gasteiger partial charge in [-0.1, -0.05) is 6.42 Å². The minimum Gasteiger partial charge on any atom is -0.480 e. The molecule has 2 fully saturated rings. The van der Waals surface area contributed by atoms with E-state index < -0.39 is 35.4 Å². The number of carboxylic acids is 1. The molecule has 0 bridgehead atoms. The normalized spacial score (nSPS) is 24.8. The van der Waals surface area contributed by atoms with Gasteiger partial charge in [-0.2, -0.15) is 0 Å². The molecule has 11 heteroatoms. The fourth-order valence-corrected chi connectivity index (χ4v) is 5.09. The monoisotopic (exact) mass is 436 g/mol. The first-order valence-corrected chi connectivity index (χ1v) is 11.0. The molecule has 0 saturated carbocycles. The third kappa shape index (κ3) is 4.50. The number of carbonyl (C=O) groups is 1. The summed E-state index contributed by atoms with van der Waals surface area (Å²) in [6.45, 7) is 5.82. The van der Waals surface area contributed by atoms with Gasteiger partial charge >= 0.3 is 13.1 Å². The maximum Gasteiger partial charge on any atom is 0.451 e. The number of piperidine rings is 1. The van der Waals surface area contributed by atoms with E-state index in [1.54, 1.807) is 4.90 Å². The zero-order valence-electron chi connectivity index (χ0n) is 18.2. The van der Waals surface area contributed by atoms with Crippen molar-refractivity contribution >= 4 is 24.5 Å². The number of nitrogens with one attached hydrogen (secondary N) is 1. The topological polar surface area (TPSA) is 156 Å². The smallest absolute Gasteiger partial charge is 0.451 e. The standard InChI is InChI=1S/C20H33BN4O6/c1-12(2)25(14-5-8-23-9-6-14)16-15(17(26)18(16)27)24-10-13(4-3-7-21(30)31)20(22,11-24)19(28)29/h12-14,23,30-31H,3-11,22H2,1-2H3,(H,28,29)/t13-,20-/m0/s1. The molecule has 0 radical (unpaired) electrons. The van der Waals surface area contributed by atoms with Crippen molar-refractivity contribution in [2.45, 2.75) is 63.5 Å². The van der Waals surface area contributed by atoms with Crippen LogP contribution < -0.4 is 31.7 Å². The van der Waals surface area contributed by atoms with Crippen molar-refractivity contribution in [3.8, 4) is 0 Å². The Balaban J connectivity index is 1.89. The Kier molecular flexibility index (Phi) is 7.09. The van der Waals surface area contributed by atoms with Gasteiger partial charge in [-0.05, 0) is 52.5 Å². The van der Waals surface area contributed by atoms with Crippen LogP contribution in [0.25, 0.3) is 0 Å². The molecule has 2 aliphatic rings. The van der Waals surface area contributed by atoms with Crippen LogP contribution in [0.2, 0.25) is 6.32 Å². The fourth-order valence-electron chi connectivity index (χ4n) is 5.09. The Morgan fingerprint density at radius 3 is 2.48 bits per heavy atom. The van der Waals surface area contributed by atoms with E-state index in [4.69, 9.17) is 15.8 Å². The molecule has 6 N–H and O–H groups in total. The van der Waals surface area contributed by atoms with Crippen molar-refractivity contribution < 1.29 is 19.9 Å². The summed E-state index contributed by atoms with van der Waals surface area (Å²) in [5.41, 5.74) is 4.24. The van der Waals surface area contributed by atoms with Crippen LogP contribution in [0.3, 0.4) is 0 Å². The van der Waals surface area contributed by atoms with E-state index >= 15 is 0 Å². The van der Waals surface area contributed by atoms with Crippen molar-refractivity contribution in [1.82, 2.24) is 5.32 Å². The first-order chi connectivity index (χ1) is 14.6. The molecule has 0 aromatic heterocycles. The van der Waals surface area contributed by atoms with E-state index in [0.29, 0.717) is 18.5 Å². The van der Waals surface area contributed by atoms with Gasteiger partial charge in [0.15, 0.2) is 0 Å². The minimum atomic E-state index is -1.57. The average Bonchev–Trinajstić information content (AvgIpc) is 3.04. The highest BCUT2D eigenvalue weighted by Crippen LogP contribution is 2.37. The lowest BCUT2D eigenvalue weighted by Gasteiger charge is -2.41. The van der Waals surface area contributed by atoms with Crippen LogP contribution in [0.5, 0.6) is 0 Å². The number of nitrogens with two attached hydrogens (primary N) is 1. The molecule has 10 nitrogen and oxygen atoms in total. The Morgan fingerprint density at radius 2 is 1.94 bits per heavy atom. The average molecular weight is 436 g/mol. The highest BCUT2D eigenvalue weighted by atomic mass is 16.4. The molecule has 3 rings (SSSR count). The number of carboxylic acid groups (broad SMARTS) is 1. The summed E-state index contributed by atoms with van der Waals surface area (Å²) in [6.07, 6.45) is 2.61. The SMILES string of the molecule is CC(C)N(c1c(N2C[C@H](CCCB(O)O)[C@](N)(C(=O)O)C2)c(=O)c1=O)C1CCNCC1. The number of aliphatic carboxylic acids is 1. The lowest BCUT2D eigenvalue weighted by molar-refractivity contribution is -0.144. The molecule has 2 atom stereocenters. The number of hydrogen-bond donors (Lipinski definition) is 5. The number of hydrogen-bond acceptors (Lipinski definition) is 9. The predicted molar refractivity (Wildman–Crippen MR) is 119 cm³/mol. The molecular weight excluding hydrogens is 403 g/mol. The van der Waals surface area contributed by atoms with Gasteiger partial charge in [-0.25, -0.2) is 0 Å². The zero-order chi connectivity index (χ0) is 22.9. The molecule has 0 unspecified atom stereocenters. The Morgan fingerprint density at radius 1 is 1.29 bits per heavy atom. The van der Waals surface area contributed by atoms with Crippen molar-refractivity contribution in [3.63, 3.8) is 0 Å². The zero-order valence-corrected chi connectivity index (χ0v) is 18.2. The van der Waals surface area contributed by atoms with E-state index in [1.165, 1.54) is 0 Å². The van der Waals surface area contributed by atoms with Crippen molar-refractivity contribution in [2.75, 3.05) is 36.0 Å². The van der Waals surface area contributed by atoms with Crippen molar-refractivity contribution in [1.29, 1.82) is 0 Å². The van der Waals surface area contributed by atoms with Crippen LogP contribution in [0, 0.1) is 5.92 Å². The predicted octanol–water partition coefficient (Wildman–Crippen LogP) is -1.28. The van der Waals surface area contributed by atoms with E-state index in [1.807, 2.05) is 18.7 Å². The molecule has 2 heterocycles. The van der Waals surface area contributed by atoms with E-state index in [0.717, 1.165) is 25.9 Å². The number of anilines is 2. The second-order valence-corrected chi connectivity index (χ2v) is 9.17. The van der Waals surface area contributed by atoms with Crippen LogP contribution in [0.1, 0.15) is 39.5 Å². The molecule has 31 heavy (non-hydrogen) atoms. The lowest BCUT2D eigenvalue weighted by Crippen LogP contribution is -2.56. The largest absolute Gasteiger partial charge is 0.480 e. The maximum atomic E-state index is 12.6. The highest BCUT2D eigenvalue weighted by Gasteiger charge is 2.51. The van der Waals surface area contributed by atoms with Gasteiger partial charge in [0.25, 0.3) is 10.9 Å². The Bertz CT molecular complexity index is 864. The molecule has 2 saturated heterocycles. The molecular formula is C20H33BN4O6. The number of nitrogens with zero attached hydrogens (tertiary/aromatic N) is 2. The van der Waals surface area contributed by atoms with Crippen LogP contribution in [0.4, 0.5) is 11.4 Å². The third-order valence-corrected chi connectivity index (χ3v) is 6.73. The van der Waals surface area contributed by atoms with Gasteiger partial charge in [-0.3, -0.25) is 14.4 Å². The van der Waals surface area contributed by atoms with Gasteiger partial charge in [-0.15, -0.1) is 0 Å². The van der Waals surface area contributed by atoms with E-state index in [-0.39, 0.29) is 37.2 Å². The molecule has 2 aliphatic heterocycles. The summed E-state index contributed by atoms with van der Waals surface area (Å²) < 4.78 is 0. The Labute approximate surface area is 181 Å². The molecule has 0 spiro atoms. The van der Waals surface area contributed by atoms with Crippen LogP contribution in [0.15, 0.2) is 9.59 Å². The second-order valence-electron chi connectivity index (χ2n) is 9.17. The first kappa shape index (κ1) is 23.7. The third-order valence-electron chi connectivity index (χ3n) is 6.73. The lowest BCUT2D eigenvalue weighted by atomic mass is 9.78. The first-order valence-electron chi connectivity index (χ1n) is 11.0. The van der Waals surface area contributed by atoms with E-state index in [9.17, 15) is 19.5 Å². The van der Waals surface area contributed by atoms with Crippen LogP contribution in [-0.2, 0) is 4.79 Å². The molecule has 1 aromatic carbocycles. The van der Waals surface area contributed by atoms with Crippen LogP contribution in [-0.4, -0.2) is 72.0 Å². The molecule has 0 amide bonds. The molecule has 0 aliphatic carbocycles. The summed E-state index contributed by atoms with van der Waals surface area (Å²) in [6, 6.07) is 0.145.